The Bertz CT molecular complexity index is 231. The fourth-order valence-corrected chi connectivity index (χ4v) is 0.943. The van der Waals surface area contributed by atoms with Crippen LogP contribution in [0.4, 0.5) is 0 Å². The number of rotatable bonds is 2. The Kier molecular flexibility index (Phi) is 2.66. The number of hydrogen-bond acceptors (Lipinski definition) is 2. The molecule has 0 aromatic heterocycles. The molecular formula is C9H11NO. The highest BCUT2D eigenvalue weighted by Crippen LogP contribution is 2.11. The summed E-state index contributed by atoms with van der Waals surface area (Å²) >= 11 is 0. The van der Waals surface area contributed by atoms with Crippen LogP contribution in [0.2, 0.25) is 0 Å². The van der Waals surface area contributed by atoms with E-state index in [9.17, 15) is 0 Å². The van der Waals surface area contributed by atoms with Crippen molar-refractivity contribution < 1.29 is 5.21 Å². The van der Waals surface area contributed by atoms with Gasteiger partial charge in [0.25, 0.3) is 0 Å². The van der Waals surface area contributed by atoms with Crippen molar-refractivity contribution in [1.82, 2.24) is 0 Å². The standard InChI is InChI=1S/C9H11NO/c1-8(7-10-11)9-5-3-2-4-6-9/h2-8,11H,1H3. The van der Waals surface area contributed by atoms with Gasteiger partial charge in [0.15, 0.2) is 0 Å². The van der Waals surface area contributed by atoms with Gasteiger partial charge < -0.3 is 5.21 Å². The largest absolute Gasteiger partial charge is 0.411 e. The lowest BCUT2D eigenvalue weighted by Gasteiger charge is -2.02. The van der Waals surface area contributed by atoms with Gasteiger partial charge in [-0.05, 0) is 5.56 Å². The number of nitrogens with zero attached hydrogens (tertiary/aromatic N) is 1. The molecule has 2 nitrogen and oxygen atoms in total. The van der Waals surface area contributed by atoms with Crippen LogP contribution in [0, 0.1) is 0 Å². The molecule has 1 aromatic carbocycles. The minimum absolute atomic E-state index is 0.182. The van der Waals surface area contributed by atoms with Crippen molar-refractivity contribution in [1.29, 1.82) is 0 Å². The predicted molar refractivity (Wildman–Crippen MR) is 45.1 cm³/mol. The minimum atomic E-state index is 0.182. The van der Waals surface area contributed by atoms with Gasteiger partial charge in [0, 0.05) is 5.92 Å². The average molecular weight is 149 g/mol. The predicted octanol–water partition coefficient (Wildman–Crippen LogP) is 2.25. The molecule has 0 bridgehead atoms. The second kappa shape index (κ2) is 3.76. The van der Waals surface area contributed by atoms with Crippen LogP contribution in [-0.4, -0.2) is 11.4 Å². The molecule has 58 valence electrons. The van der Waals surface area contributed by atoms with Crippen molar-refractivity contribution in [3.63, 3.8) is 0 Å². The van der Waals surface area contributed by atoms with Crippen molar-refractivity contribution in [2.75, 3.05) is 0 Å². The summed E-state index contributed by atoms with van der Waals surface area (Å²) in [5.74, 6) is 0.182. The maximum atomic E-state index is 8.27. The number of oxime groups is 1. The molecule has 0 saturated carbocycles. The molecule has 0 spiro atoms. The first kappa shape index (κ1) is 7.79. The molecular weight excluding hydrogens is 138 g/mol. The Morgan fingerprint density at radius 3 is 2.55 bits per heavy atom. The molecule has 1 rings (SSSR count). The van der Waals surface area contributed by atoms with E-state index in [0.29, 0.717) is 0 Å². The zero-order valence-electron chi connectivity index (χ0n) is 6.44. The fraction of sp³-hybridized carbons (Fsp3) is 0.222. The van der Waals surface area contributed by atoms with Gasteiger partial charge in [-0.3, -0.25) is 0 Å². The highest BCUT2D eigenvalue weighted by atomic mass is 16.4. The van der Waals surface area contributed by atoms with Crippen molar-refractivity contribution >= 4 is 6.21 Å². The van der Waals surface area contributed by atoms with E-state index in [1.807, 2.05) is 37.3 Å². The van der Waals surface area contributed by atoms with Crippen molar-refractivity contribution in [3.05, 3.63) is 35.9 Å². The Balaban J connectivity index is 2.76. The second-order valence-corrected chi connectivity index (χ2v) is 2.46. The Labute approximate surface area is 66.2 Å². The second-order valence-electron chi connectivity index (χ2n) is 2.46. The van der Waals surface area contributed by atoms with Crippen LogP contribution in [0.15, 0.2) is 35.5 Å². The molecule has 0 heterocycles. The van der Waals surface area contributed by atoms with E-state index in [1.54, 1.807) is 0 Å². The van der Waals surface area contributed by atoms with E-state index in [2.05, 4.69) is 5.16 Å². The molecule has 1 aromatic rings. The summed E-state index contributed by atoms with van der Waals surface area (Å²) in [6, 6.07) is 9.92. The molecule has 2 heteroatoms. The first-order valence-corrected chi connectivity index (χ1v) is 3.57. The van der Waals surface area contributed by atoms with Crippen molar-refractivity contribution in [2.24, 2.45) is 5.16 Å². The third kappa shape index (κ3) is 2.08. The van der Waals surface area contributed by atoms with E-state index in [-0.39, 0.29) is 5.92 Å². The molecule has 0 aliphatic carbocycles. The monoisotopic (exact) mass is 149 g/mol. The average Bonchev–Trinajstić information content (AvgIpc) is 2.07. The maximum absolute atomic E-state index is 8.27. The van der Waals surface area contributed by atoms with E-state index in [4.69, 9.17) is 5.21 Å². The molecule has 0 saturated heterocycles. The molecule has 1 atom stereocenters. The fourth-order valence-electron chi connectivity index (χ4n) is 0.943. The quantitative estimate of drug-likeness (QED) is 0.390. The van der Waals surface area contributed by atoms with Gasteiger partial charge in [-0.2, -0.15) is 0 Å². The highest BCUT2D eigenvalue weighted by molar-refractivity contribution is 5.66. The molecule has 0 fully saturated rings. The van der Waals surface area contributed by atoms with E-state index < -0.39 is 0 Å². The summed E-state index contributed by atoms with van der Waals surface area (Å²) in [7, 11) is 0. The molecule has 0 aliphatic rings. The summed E-state index contributed by atoms with van der Waals surface area (Å²) in [6.45, 7) is 1.98. The summed E-state index contributed by atoms with van der Waals surface area (Å²) in [5.41, 5.74) is 1.16. The van der Waals surface area contributed by atoms with Gasteiger partial charge >= 0.3 is 0 Å². The molecule has 11 heavy (non-hydrogen) atoms. The lowest BCUT2D eigenvalue weighted by Crippen LogP contribution is -1.93. The molecule has 0 aliphatic heterocycles. The summed E-state index contributed by atoms with van der Waals surface area (Å²) in [5, 5.41) is 11.3. The lowest BCUT2D eigenvalue weighted by atomic mass is 10.0. The third-order valence-electron chi connectivity index (χ3n) is 1.62. The summed E-state index contributed by atoms with van der Waals surface area (Å²) < 4.78 is 0. The minimum Gasteiger partial charge on any atom is -0.411 e. The maximum Gasteiger partial charge on any atom is 0.0507 e. The van der Waals surface area contributed by atoms with Gasteiger partial charge in [0.05, 0.1) is 6.21 Å². The van der Waals surface area contributed by atoms with Crippen LogP contribution >= 0.6 is 0 Å². The van der Waals surface area contributed by atoms with E-state index >= 15 is 0 Å². The first-order valence-electron chi connectivity index (χ1n) is 3.57. The zero-order valence-corrected chi connectivity index (χ0v) is 6.44. The molecule has 1 N–H and O–H groups in total. The van der Waals surface area contributed by atoms with E-state index in [1.165, 1.54) is 6.21 Å². The Morgan fingerprint density at radius 1 is 1.36 bits per heavy atom. The summed E-state index contributed by atoms with van der Waals surface area (Å²) in [6.07, 6.45) is 1.51. The molecule has 1 unspecified atom stereocenters. The van der Waals surface area contributed by atoms with Gasteiger partial charge in [-0.1, -0.05) is 37.3 Å². The number of benzene rings is 1. The zero-order chi connectivity index (χ0) is 8.10. The topological polar surface area (TPSA) is 32.6 Å². The van der Waals surface area contributed by atoms with Crippen LogP contribution in [0.5, 0.6) is 0 Å². The van der Waals surface area contributed by atoms with Crippen LogP contribution in [0.3, 0.4) is 0 Å². The summed E-state index contributed by atoms with van der Waals surface area (Å²) in [4.78, 5) is 0. The Morgan fingerprint density at radius 2 is 2.00 bits per heavy atom. The van der Waals surface area contributed by atoms with E-state index in [0.717, 1.165) is 5.56 Å². The van der Waals surface area contributed by atoms with Gasteiger partial charge in [0.1, 0.15) is 0 Å². The van der Waals surface area contributed by atoms with Crippen LogP contribution in [-0.2, 0) is 0 Å². The van der Waals surface area contributed by atoms with Crippen LogP contribution < -0.4 is 0 Å². The van der Waals surface area contributed by atoms with Crippen LogP contribution in [0.1, 0.15) is 18.4 Å². The van der Waals surface area contributed by atoms with Crippen LogP contribution in [0.25, 0.3) is 0 Å². The lowest BCUT2D eigenvalue weighted by molar-refractivity contribution is 0.320. The number of hydrogen-bond donors (Lipinski definition) is 1. The van der Waals surface area contributed by atoms with Crippen molar-refractivity contribution in [2.45, 2.75) is 12.8 Å². The molecule has 0 amide bonds. The SMILES string of the molecule is CC(C=NO)c1ccccc1. The Hall–Kier alpha value is -1.31. The van der Waals surface area contributed by atoms with Gasteiger partial charge in [-0.25, -0.2) is 0 Å². The van der Waals surface area contributed by atoms with Gasteiger partial charge in [-0.15, -0.1) is 5.16 Å². The normalized spacial score (nSPS) is 13.5. The third-order valence-corrected chi connectivity index (χ3v) is 1.62. The first-order chi connectivity index (χ1) is 5.34. The smallest absolute Gasteiger partial charge is 0.0507 e. The van der Waals surface area contributed by atoms with Gasteiger partial charge in [0.2, 0.25) is 0 Å². The highest BCUT2D eigenvalue weighted by Gasteiger charge is 1.99. The van der Waals surface area contributed by atoms with Crippen molar-refractivity contribution in [3.8, 4) is 0 Å². The molecule has 0 radical (unpaired) electrons.